The molecule has 1 unspecified atom stereocenters. The summed E-state index contributed by atoms with van der Waals surface area (Å²) in [6, 6.07) is 9.14. The Hall–Kier alpha value is -2.96. The van der Waals surface area contributed by atoms with Crippen LogP contribution in [0.3, 0.4) is 0 Å². The van der Waals surface area contributed by atoms with Gasteiger partial charge in [0.15, 0.2) is 0 Å². The molecule has 0 radical (unpaired) electrons. The maximum atomic E-state index is 12.7. The molecule has 1 atom stereocenters. The van der Waals surface area contributed by atoms with E-state index in [0.29, 0.717) is 11.3 Å². The Morgan fingerprint density at radius 3 is 2.74 bits per heavy atom. The van der Waals surface area contributed by atoms with Crippen LogP contribution in [0, 0.1) is 0 Å². The van der Waals surface area contributed by atoms with Gasteiger partial charge in [-0.3, -0.25) is 9.48 Å². The molecule has 2 heterocycles. The quantitative estimate of drug-likeness (QED) is 0.780. The minimum atomic E-state index is -0.149. The zero-order valence-corrected chi connectivity index (χ0v) is 13.0. The molecule has 0 saturated heterocycles. The van der Waals surface area contributed by atoms with Crippen LogP contribution in [0.15, 0.2) is 49.2 Å². The molecule has 0 bridgehead atoms. The van der Waals surface area contributed by atoms with E-state index in [2.05, 4.69) is 20.5 Å². The van der Waals surface area contributed by atoms with Crippen molar-refractivity contribution in [3.63, 3.8) is 0 Å². The van der Waals surface area contributed by atoms with Crippen molar-refractivity contribution in [1.29, 1.82) is 0 Å². The molecule has 1 aromatic carbocycles. The van der Waals surface area contributed by atoms with Crippen LogP contribution in [0.1, 0.15) is 35.4 Å². The normalized spacial score (nSPS) is 12.1. The first-order chi connectivity index (χ1) is 11.2. The number of nitrogens with zero attached hydrogens (tertiary/aromatic N) is 5. The van der Waals surface area contributed by atoms with E-state index in [-0.39, 0.29) is 11.9 Å². The number of carbonyl (C=O) groups excluding carboxylic acids is 1. The lowest BCUT2D eigenvalue weighted by Crippen LogP contribution is -2.30. The van der Waals surface area contributed by atoms with Crippen molar-refractivity contribution >= 4 is 5.91 Å². The number of para-hydroxylation sites is 1. The van der Waals surface area contributed by atoms with E-state index in [0.717, 1.165) is 12.1 Å². The van der Waals surface area contributed by atoms with Crippen LogP contribution in [0.4, 0.5) is 0 Å². The lowest BCUT2D eigenvalue weighted by Gasteiger charge is -2.18. The highest BCUT2D eigenvalue weighted by molar-refractivity contribution is 5.97. The van der Waals surface area contributed by atoms with Crippen LogP contribution in [0.2, 0.25) is 0 Å². The largest absolute Gasteiger partial charge is 0.344 e. The van der Waals surface area contributed by atoms with Crippen LogP contribution in [0.5, 0.6) is 0 Å². The second kappa shape index (κ2) is 6.43. The van der Waals surface area contributed by atoms with Gasteiger partial charge in [-0.2, -0.15) is 10.2 Å². The summed E-state index contributed by atoms with van der Waals surface area (Å²) in [6.07, 6.45) is 5.52. The maximum Gasteiger partial charge on any atom is 0.254 e. The Kier molecular flexibility index (Phi) is 4.18. The maximum absolute atomic E-state index is 12.7. The van der Waals surface area contributed by atoms with E-state index < -0.39 is 0 Å². The predicted molar refractivity (Wildman–Crippen MR) is 85.1 cm³/mol. The Labute approximate surface area is 134 Å². The van der Waals surface area contributed by atoms with Gasteiger partial charge in [-0.25, -0.2) is 9.67 Å². The number of rotatable bonds is 5. The highest BCUT2D eigenvalue weighted by Crippen LogP contribution is 2.18. The first-order valence-electron chi connectivity index (χ1n) is 7.43. The first-order valence-corrected chi connectivity index (χ1v) is 7.43. The summed E-state index contributed by atoms with van der Waals surface area (Å²) < 4.78 is 3.36. The number of hydrogen-bond acceptors (Lipinski definition) is 4. The van der Waals surface area contributed by atoms with Crippen molar-refractivity contribution in [3.8, 4) is 5.69 Å². The minimum Gasteiger partial charge on any atom is -0.344 e. The summed E-state index contributed by atoms with van der Waals surface area (Å²) in [6.45, 7) is 2.03. The van der Waals surface area contributed by atoms with Gasteiger partial charge >= 0.3 is 0 Å². The van der Waals surface area contributed by atoms with Crippen molar-refractivity contribution in [3.05, 3.63) is 60.4 Å². The molecule has 7 heteroatoms. The summed E-state index contributed by atoms with van der Waals surface area (Å²) in [5.41, 5.74) is 2.22. The van der Waals surface area contributed by atoms with Crippen LogP contribution in [-0.2, 0) is 7.05 Å². The number of amides is 1. The van der Waals surface area contributed by atoms with E-state index in [1.165, 1.54) is 6.33 Å². The zero-order chi connectivity index (χ0) is 16.2. The first kappa shape index (κ1) is 15.0. The smallest absolute Gasteiger partial charge is 0.254 e. The highest BCUT2D eigenvalue weighted by atomic mass is 16.1. The SMILES string of the molecule is CCC(NC(=O)c1ccccc1-n1cncn1)c1ccnn1C. The number of hydrogen-bond donors (Lipinski definition) is 1. The molecule has 3 rings (SSSR count). The average molecular weight is 310 g/mol. The molecular formula is C16H18N6O. The van der Waals surface area contributed by atoms with Gasteiger partial charge in [0, 0.05) is 13.2 Å². The molecule has 0 aliphatic heterocycles. The third kappa shape index (κ3) is 2.98. The van der Waals surface area contributed by atoms with Crippen LogP contribution in [-0.4, -0.2) is 30.5 Å². The molecule has 7 nitrogen and oxygen atoms in total. The fraction of sp³-hybridized carbons (Fsp3) is 0.250. The molecule has 1 N–H and O–H groups in total. The highest BCUT2D eigenvalue weighted by Gasteiger charge is 2.19. The Balaban J connectivity index is 1.88. The van der Waals surface area contributed by atoms with Gasteiger partial charge in [-0.15, -0.1) is 0 Å². The number of carbonyl (C=O) groups is 1. The Bertz CT molecular complexity index is 793. The second-order valence-electron chi connectivity index (χ2n) is 5.17. The standard InChI is InChI=1S/C16H18N6O/c1-3-13(15-8-9-18-21(15)2)20-16(23)12-6-4-5-7-14(12)22-11-17-10-19-22/h4-11,13H,3H2,1-2H3,(H,20,23). The van der Waals surface area contributed by atoms with Crippen LogP contribution < -0.4 is 5.32 Å². The lowest BCUT2D eigenvalue weighted by molar-refractivity contribution is 0.0934. The van der Waals surface area contributed by atoms with E-state index in [1.54, 1.807) is 28.0 Å². The summed E-state index contributed by atoms with van der Waals surface area (Å²) in [5, 5.41) is 11.3. The molecule has 0 spiro atoms. The van der Waals surface area contributed by atoms with Gasteiger partial charge in [0.2, 0.25) is 0 Å². The van der Waals surface area contributed by atoms with Crippen molar-refractivity contribution in [1.82, 2.24) is 29.9 Å². The number of benzene rings is 1. The van der Waals surface area contributed by atoms with Gasteiger partial charge in [0.05, 0.1) is 23.0 Å². The van der Waals surface area contributed by atoms with E-state index >= 15 is 0 Å². The summed E-state index contributed by atoms with van der Waals surface area (Å²) >= 11 is 0. The molecule has 0 saturated carbocycles. The van der Waals surface area contributed by atoms with E-state index in [4.69, 9.17) is 0 Å². The Morgan fingerprint density at radius 2 is 2.09 bits per heavy atom. The number of aryl methyl sites for hydroxylation is 1. The monoisotopic (exact) mass is 310 g/mol. The molecule has 118 valence electrons. The fourth-order valence-corrected chi connectivity index (χ4v) is 2.55. The van der Waals surface area contributed by atoms with Crippen LogP contribution in [0.25, 0.3) is 5.69 Å². The molecule has 2 aromatic heterocycles. The second-order valence-corrected chi connectivity index (χ2v) is 5.17. The average Bonchev–Trinajstić information content (AvgIpc) is 3.24. The van der Waals surface area contributed by atoms with Gasteiger partial charge in [0.1, 0.15) is 12.7 Å². The molecule has 23 heavy (non-hydrogen) atoms. The zero-order valence-electron chi connectivity index (χ0n) is 13.0. The van der Waals surface area contributed by atoms with Crippen LogP contribution >= 0.6 is 0 Å². The molecular weight excluding hydrogens is 292 g/mol. The molecule has 0 aliphatic carbocycles. The number of nitrogens with one attached hydrogen (secondary N) is 1. The van der Waals surface area contributed by atoms with Crippen molar-refractivity contribution in [2.75, 3.05) is 0 Å². The van der Waals surface area contributed by atoms with E-state index in [1.807, 2.05) is 38.2 Å². The summed E-state index contributed by atoms with van der Waals surface area (Å²) in [4.78, 5) is 16.7. The van der Waals surface area contributed by atoms with Crippen molar-refractivity contribution in [2.45, 2.75) is 19.4 Å². The van der Waals surface area contributed by atoms with Crippen molar-refractivity contribution < 1.29 is 4.79 Å². The molecule has 0 aliphatic rings. The minimum absolute atomic E-state index is 0.0983. The summed E-state index contributed by atoms with van der Waals surface area (Å²) in [5.74, 6) is -0.149. The topological polar surface area (TPSA) is 77.6 Å². The van der Waals surface area contributed by atoms with Gasteiger partial charge < -0.3 is 5.32 Å². The third-order valence-electron chi connectivity index (χ3n) is 3.74. The van der Waals surface area contributed by atoms with E-state index in [9.17, 15) is 4.79 Å². The van der Waals surface area contributed by atoms with Crippen molar-refractivity contribution in [2.24, 2.45) is 7.05 Å². The van der Waals surface area contributed by atoms with Gasteiger partial charge in [-0.05, 0) is 24.6 Å². The Morgan fingerprint density at radius 1 is 1.26 bits per heavy atom. The molecule has 3 aromatic rings. The number of aromatic nitrogens is 5. The summed E-state index contributed by atoms with van der Waals surface area (Å²) in [7, 11) is 1.87. The van der Waals surface area contributed by atoms with Gasteiger partial charge in [-0.1, -0.05) is 19.1 Å². The predicted octanol–water partition coefficient (Wildman–Crippen LogP) is 1.88. The third-order valence-corrected chi connectivity index (χ3v) is 3.74. The van der Waals surface area contributed by atoms with Gasteiger partial charge in [0.25, 0.3) is 5.91 Å². The fourth-order valence-electron chi connectivity index (χ4n) is 2.55. The molecule has 1 amide bonds. The molecule has 0 fully saturated rings. The lowest BCUT2D eigenvalue weighted by atomic mass is 10.1.